The number of pyridine rings is 1. The molecule has 2 aromatic heterocycles. The van der Waals surface area contributed by atoms with Crippen molar-refractivity contribution in [3.63, 3.8) is 0 Å². The van der Waals surface area contributed by atoms with Crippen LogP contribution < -0.4 is 4.90 Å². The summed E-state index contributed by atoms with van der Waals surface area (Å²) in [7, 11) is 0. The van der Waals surface area contributed by atoms with Crippen LogP contribution in [0, 0.1) is 13.8 Å². The molecule has 6 heteroatoms. The summed E-state index contributed by atoms with van der Waals surface area (Å²) < 4.78 is 1.84. The number of benzene rings is 2. The normalized spacial score (nSPS) is 14.3. The molecule has 0 N–H and O–H groups in total. The Morgan fingerprint density at radius 3 is 2.10 bits per heavy atom. The van der Waals surface area contributed by atoms with E-state index < -0.39 is 0 Å². The highest BCUT2D eigenvalue weighted by Gasteiger charge is 2.26. The van der Waals surface area contributed by atoms with Crippen LogP contribution in [-0.4, -0.2) is 51.8 Å². The average molecular weight is 412 g/mol. The van der Waals surface area contributed by atoms with Gasteiger partial charge in [-0.3, -0.25) is 4.79 Å². The number of fused-ring (bicyclic) bond motifs is 1. The van der Waals surface area contributed by atoms with E-state index in [9.17, 15) is 4.79 Å². The van der Waals surface area contributed by atoms with Crippen molar-refractivity contribution in [3.8, 4) is 5.69 Å². The molecule has 0 spiro atoms. The molecule has 1 fully saturated rings. The molecule has 0 radical (unpaired) electrons. The van der Waals surface area contributed by atoms with E-state index in [-0.39, 0.29) is 5.91 Å². The molecule has 2 aromatic carbocycles. The van der Waals surface area contributed by atoms with E-state index in [1.807, 2.05) is 65.9 Å². The molecule has 6 nitrogen and oxygen atoms in total. The van der Waals surface area contributed by atoms with Gasteiger partial charge in [0.05, 0.1) is 22.3 Å². The lowest BCUT2D eigenvalue weighted by Crippen LogP contribution is -2.48. The number of para-hydroxylation sites is 2. The second-order valence-electron chi connectivity index (χ2n) is 7.96. The molecule has 31 heavy (non-hydrogen) atoms. The Bertz CT molecular complexity index is 1230. The second kappa shape index (κ2) is 7.87. The molecule has 5 rings (SSSR count). The number of hydrogen-bond donors (Lipinski definition) is 0. The van der Waals surface area contributed by atoms with Crippen LogP contribution in [-0.2, 0) is 0 Å². The topological polar surface area (TPSA) is 54.3 Å². The zero-order valence-electron chi connectivity index (χ0n) is 17.8. The Kier molecular flexibility index (Phi) is 4.90. The summed E-state index contributed by atoms with van der Waals surface area (Å²) >= 11 is 0. The fourth-order valence-corrected chi connectivity index (χ4v) is 4.31. The minimum absolute atomic E-state index is 0.0546. The molecule has 0 unspecified atom stereocenters. The largest absolute Gasteiger partial charge is 0.368 e. The van der Waals surface area contributed by atoms with Crippen LogP contribution >= 0.6 is 0 Å². The Balaban J connectivity index is 1.46. The van der Waals surface area contributed by atoms with Gasteiger partial charge in [0.1, 0.15) is 0 Å². The van der Waals surface area contributed by atoms with Crippen molar-refractivity contribution in [2.24, 2.45) is 0 Å². The molecule has 0 atom stereocenters. The number of carbonyl (C=O) groups excluding carboxylic acids is 1. The molecule has 1 saturated heterocycles. The van der Waals surface area contributed by atoms with Gasteiger partial charge >= 0.3 is 0 Å². The fourth-order valence-electron chi connectivity index (χ4n) is 4.31. The standard InChI is InChI=1S/C25H25N5O/c1-18-17-22(23-19(2)27-30(24(23)26-18)21-11-7-4-8-12-21)25(31)29-15-13-28(14-16-29)20-9-5-3-6-10-20/h3-12,17H,13-16H2,1-2H3. The number of hydrogen-bond acceptors (Lipinski definition) is 4. The predicted molar refractivity (Wildman–Crippen MR) is 123 cm³/mol. The van der Waals surface area contributed by atoms with Crippen molar-refractivity contribution in [1.29, 1.82) is 0 Å². The molecule has 0 bridgehead atoms. The first-order valence-corrected chi connectivity index (χ1v) is 10.6. The molecule has 156 valence electrons. The van der Waals surface area contributed by atoms with E-state index in [0.29, 0.717) is 18.7 Å². The molecule has 3 heterocycles. The number of anilines is 1. The van der Waals surface area contributed by atoms with Crippen LogP contribution in [0.15, 0.2) is 66.7 Å². The van der Waals surface area contributed by atoms with E-state index in [1.165, 1.54) is 5.69 Å². The summed E-state index contributed by atoms with van der Waals surface area (Å²) in [4.78, 5) is 22.6. The third kappa shape index (κ3) is 3.54. The molecule has 1 aliphatic heterocycles. The van der Waals surface area contributed by atoms with Crippen LogP contribution in [0.1, 0.15) is 21.7 Å². The maximum absolute atomic E-state index is 13.5. The summed E-state index contributed by atoms with van der Waals surface area (Å²) in [5.41, 5.74) is 5.20. The Morgan fingerprint density at radius 1 is 0.839 bits per heavy atom. The molecule has 1 amide bonds. The lowest BCUT2D eigenvalue weighted by Gasteiger charge is -2.36. The number of aromatic nitrogens is 3. The first kappa shape index (κ1) is 19.3. The van der Waals surface area contributed by atoms with Crippen molar-refractivity contribution in [1.82, 2.24) is 19.7 Å². The minimum Gasteiger partial charge on any atom is -0.368 e. The summed E-state index contributed by atoms with van der Waals surface area (Å²) in [5.74, 6) is 0.0546. The maximum Gasteiger partial charge on any atom is 0.254 e. The van der Waals surface area contributed by atoms with Gasteiger partial charge in [-0.05, 0) is 44.2 Å². The van der Waals surface area contributed by atoms with Crippen LogP contribution in [0.3, 0.4) is 0 Å². The van der Waals surface area contributed by atoms with Crippen molar-refractivity contribution < 1.29 is 4.79 Å². The van der Waals surface area contributed by atoms with E-state index in [2.05, 4.69) is 29.2 Å². The quantitative estimate of drug-likeness (QED) is 0.511. The number of rotatable bonds is 3. The smallest absolute Gasteiger partial charge is 0.254 e. The summed E-state index contributed by atoms with van der Waals surface area (Å²) in [6.45, 7) is 6.92. The summed E-state index contributed by atoms with van der Waals surface area (Å²) in [6, 6.07) is 22.2. The average Bonchev–Trinajstić information content (AvgIpc) is 3.15. The SMILES string of the molecule is Cc1cc(C(=O)N2CCN(c3ccccc3)CC2)c2c(C)nn(-c3ccccc3)c2n1. The maximum atomic E-state index is 13.5. The minimum atomic E-state index is 0.0546. The number of aryl methyl sites for hydroxylation is 2. The Labute approximate surface area is 181 Å². The number of carbonyl (C=O) groups is 1. The van der Waals surface area contributed by atoms with Crippen molar-refractivity contribution in [3.05, 3.63) is 83.7 Å². The molecule has 0 aliphatic carbocycles. The lowest BCUT2D eigenvalue weighted by molar-refractivity contribution is 0.0748. The molecular weight excluding hydrogens is 386 g/mol. The zero-order valence-corrected chi connectivity index (χ0v) is 17.8. The molecule has 1 aliphatic rings. The van der Waals surface area contributed by atoms with Crippen molar-refractivity contribution >= 4 is 22.6 Å². The van der Waals surface area contributed by atoms with Crippen molar-refractivity contribution in [2.75, 3.05) is 31.1 Å². The van der Waals surface area contributed by atoms with Crippen LogP contribution in [0.4, 0.5) is 5.69 Å². The number of amides is 1. The van der Waals surface area contributed by atoms with Gasteiger partial charge in [0.15, 0.2) is 5.65 Å². The van der Waals surface area contributed by atoms with Crippen LogP contribution in [0.25, 0.3) is 16.7 Å². The summed E-state index contributed by atoms with van der Waals surface area (Å²) in [5, 5.41) is 5.55. The summed E-state index contributed by atoms with van der Waals surface area (Å²) in [6.07, 6.45) is 0. The lowest BCUT2D eigenvalue weighted by atomic mass is 10.1. The highest BCUT2D eigenvalue weighted by atomic mass is 16.2. The van der Waals surface area contributed by atoms with E-state index in [4.69, 9.17) is 10.1 Å². The molecular formula is C25H25N5O. The van der Waals surface area contributed by atoms with Crippen molar-refractivity contribution in [2.45, 2.75) is 13.8 Å². The van der Waals surface area contributed by atoms with Gasteiger partial charge in [-0.1, -0.05) is 36.4 Å². The van der Waals surface area contributed by atoms with E-state index in [0.717, 1.165) is 41.2 Å². The number of nitrogens with zero attached hydrogens (tertiary/aromatic N) is 5. The van der Waals surface area contributed by atoms with Gasteiger partial charge in [-0.15, -0.1) is 0 Å². The first-order valence-electron chi connectivity index (χ1n) is 10.6. The Hall–Kier alpha value is -3.67. The third-order valence-electron chi connectivity index (χ3n) is 5.86. The highest BCUT2D eigenvalue weighted by Crippen LogP contribution is 2.26. The van der Waals surface area contributed by atoms with Crippen LogP contribution in [0.5, 0.6) is 0 Å². The third-order valence-corrected chi connectivity index (χ3v) is 5.86. The van der Waals surface area contributed by atoms with Gasteiger partial charge in [0, 0.05) is 37.6 Å². The van der Waals surface area contributed by atoms with Gasteiger partial charge < -0.3 is 9.80 Å². The number of piperazine rings is 1. The van der Waals surface area contributed by atoms with Gasteiger partial charge in [-0.25, -0.2) is 9.67 Å². The second-order valence-corrected chi connectivity index (χ2v) is 7.96. The Morgan fingerprint density at radius 2 is 1.45 bits per heavy atom. The first-order chi connectivity index (χ1) is 15.1. The predicted octanol–water partition coefficient (Wildman–Crippen LogP) is 4.00. The monoisotopic (exact) mass is 411 g/mol. The molecule has 4 aromatic rings. The van der Waals surface area contributed by atoms with Gasteiger partial charge in [-0.2, -0.15) is 5.10 Å². The molecule has 0 saturated carbocycles. The van der Waals surface area contributed by atoms with Gasteiger partial charge in [0.2, 0.25) is 0 Å². The van der Waals surface area contributed by atoms with Gasteiger partial charge in [0.25, 0.3) is 5.91 Å². The zero-order chi connectivity index (χ0) is 21.4. The van der Waals surface area contributed by atoms with E-state index in [1.54, 1.807) is 0 Å². The van der Waals surface area contributed by atoms with Crippen LogP contribution in [0.2, 0.25) is 0 Å². The highest BCUT2D eigenvalue weighted by molar-refractivity contribution is 6.06. The fraction of sp³-hybridized carbons (Fsp3) is 0.240. The van der Waals surface area contributed by atoms with E-state index >= 15 is 0 Å².